The van der Waals surface area contributed by atoms with Crippen molar-refractivity contribution < 1.29 is 14.7 Å². The van der Waals surface area contributed by atoms with Crippen LogP contribution in [-0.4, -0.2) is 35.0 Å². The van der Waals surface area contributed by atoms with E-state index in [-0.39, 0.29) is 23.2 Å². The lowest BCUT2D eigenvalue weighted by Gasteiger charge is -2.30. The Morgan fingerprint density at radius 3 is 2.39 bits per heavy atom. The van der Waals surface area contributed by atoms with E-state index in [9.17, 15) is 9.59 Å². The summed E-state index contributed by atoms with van der Waals surface area (Å²) in [5.41, 5.74) is 0.0711. The first-order chi connectivity index (χ1) is 8.33. The van der Waals surface area contributed by atoms with Crippen LogP contribution in [0.5, 0.6) is 0 Å². The molecule has 18 heavy (non-hydrogen) atoms. The molecule has 3 atom stereocenters. The number of carboxylic acids is 1. The van der Waals surface area contributed by atoms with Crippen LogP contribution >= 0.6 is 0 Å². The maximum Gasteiger partial charge on any atom is 0.308 e. The highest BCUT2D eigenvalue weighted by atomic mass is 16.4. The molecule has 2 rings (SSSR count). The third kappa shape index (κ3) is 2.25. The van der Waals surface area contributed by atoms with Gasteiger partial charge in [-0.25, -0.2) is 0 Å². The highest BCUT2D eigenvalue weighted by molar-refractivity contribution is 5.81. The van der Waals surface area contributed by atoms with Gasteiger partial charge in [-0.05, 0) is 24.2 Å². The maximum absolute atomic E-state index is 12.5. The van der Waals surface area contributed by atoms with E-state index < -0.39 is 11.9 Å². The number of carbonyl (C=O) groups excluding carboxylic acids is 1. The molecule has 1 aliphatic heterocycles. The Balaban J connectivity index is 2.05. The largest absolute Gasteiger partial charge is 0.481 e. The van der Waals surface area contributed by atoms with Gasteiger partial charge in [0.15, 0.2) is 0 Å². The number of carboxylic acid groups (broad SMARTS) is 1. The number of carbonyl (C=O) groups is 2. The van der Waals surface area contributed by atoms with Crippen LogP contribution < -0.4 is 0 Å². The zero-order valence-electron chi connectivity index (χ0n) is 11.5. The van der Waals surface area contributed by atoms with Crippen molar-refractivity contribution in [2.75, 3.05) is 13.1 Å². The molecule has 1 aliphatic carbocycles. The standard InChI is InChI=1S/C14H23NO3/c1-9-7-15(8-10(9)13(17)18)12(16)11-5-4-6-14(11,2)3/h9-11H,4-8H2,1-3H3,(H,17,18). The Morgan fingerprint density at radius 1 is 1.28 bits per heavy atom. The quantitative estimate of drug-likeness (QED) is 0.818. The zero-order valence-corrected chi connectivity index (χ0v) is 11.5. The van der Waals surface area contributed by atoms with Crippen LogP contribution in [0.3, 0.4) is 0 Å². The van der Waals surface area contributed by atoms with Crippen LogP contribution in [0.1, 0.15) is 40.0 Å². The first-order valence-corrected chi connectivity index (χ1v) is 6.84. The molecule has 1 N–H and O–H groups in total. The van der Waals surface area contributed by atoms with Crippen molar-refractivity contribution in [2.24, 2.45) is 23.2 Å². The molecule has 4 nitrogen and oxygen atoms in total. The Bertz CT molecular complexity index is 364. The Hall–Kier alpha value is -1.06. The molecule has 4 heteroatoms. The van der Waals surface area contributed by atoms with Gasteiger partial charge in [0.1, 0.15) is 0 Å². The van der Waals surface area contributed by atoms with Crippen molar-refractivity contribution in [1.29, 1.82) is 0 Å². The second kappa shape index (κ2) is 4.56. The summed E-state index contributed by atoms with van der Waals surface area (Å²) in [4.78, 5) is 25.4. The molecule has 0 aromatic rings. The molecule has 0 bridgehead atoms. The number of rotatable bonds is 2. The molecule has 0 aromatic heterocycles. The normalized spacial score (nSPS) is 34.8. The molecule has 1 amide bonds. The molecular weight excluding hydrogens is 230 g/mol. The number of aliphatic carboxylic acids is 1. The molecule has 1 saturated heterocycles. The average Bonchev–Trinajstić information content (AvgIpc) is 2.80. The van der Waals surface area contributed by atoms with Crippen molar-refractivity contribution in [3.8, 4) is 0 Å². The van der Waals surface area contributed by atoms with E-state index in [0.29, 0.717) is 13.1 Å². The van der Waals surface area contributed by atoms with Crippen LogP contribution in [0.25, 0.3) is 0 Å². The molecular formula is C14H23NO3. The molecule has 0 aromatic carbocycles. The van der Waals surface area contributed by atoms with E-state index in [1.54, 1.807) is 4.90 Å². The van der Waals surface area contributed by atoms with Gasteiger partial charge in [0.2, 0.25) is 5.91 Å². The Morgan fingerprint density at radius 2 is 1.94 bits per heavy atom. The van der Waals surface area contributed by atoms with Gasteiger partial charge in [-0.15, -0.1) is 0 Å². The summed E-state index contributed by atoms with van der Waals surface area (Å²) in [6, 6.07) is 0. The smallest absolute Gasteiger partial charge is 0.308 e. The van der Waals surface area contributed by atoms with Crippen LogP contribution in [-0.2, 0) is 9.59 Å². The van der Waals surface area contributed by atoms with Crippen molar-refractivity contribution >= 4 is 11.9 Å². The lowest BCUT2D eigenvalue weighted by atomic mass is 9.81. The summed E-state index contributed by atoms with van der Waals surface area (Å²) in [7, 11) is 0. The number of likely N-dealkylation sites (tertiary alicyclic amines) is 1. The predicted octanol–water partition coefficient (Wildman–Crippen LogP) is 1.99. The topological polar surface area (TPSA) is 57.6 Å². The lowest BCUT2D eigenvalue weighted by Crippen LogP contribution is -2.39. The highest BCUT2D eigenvalue weighted by Crippen LogP contribution is 2.44. The first-order valence-electron chi connectivity index (χ1n) is 6.84. The summed E-state index contributed by atoms with van der Waals surface area (Å²) >= 11 is 0. The van der Waals surface area contributed by atoms with Crippen LogP contribution in [0.4, 0.5) is 0 Å². The number of amides is 1. The van der Waals surface area contributed by atoms with Gasteiger partial charge in [-0.1, -0.05) is 27.2 Å². The fourth-order valence-corrected chi connectivity index (χ4v) is 3.47. The van der Waals surface area contributed by atoms with Gasteiger partial charge < -0.3 is 10.0 Å². The fourth-order valence-electron chi connectivity index (χ4n) is 3.47. The van der Waals surface area contributed by atoms with E-state index in [0.717, 1.165) is 19.3 Å². The van der Waals surface area contributed by atoms with E-state index >= 15 is 0 Å². The molecule has 2 fully saturated rings. The van der Waals surface area contributed by atoms with Crippen molar-refractivity contribution in [3.05, 3.63) is 0 Å². The second-order valence-corrected chi connectivity index (χ2v) is 6.60. The molecule has 2 aliphatic rings. The third-order valence-corrected chi connectivity index (χ3v) is 4.80. The summed E-state index contributed by atoms with van der Waals surface area (Å²) in [6.07, 6.45) is 3.15. The van der Waals surface area contributed by atoms with Gasteiger partial charge in [-0.2, -0.15) is 0 Å². The summed E-state index contributed by atoms with van der Waals surface area (Å²) in [5, 5.41) is 9.11. The summed E-state index contributed by atoms with van der Waals surface area (Å²) < 4.78 is 0. The molecule has 0 radical (unpaired) electrons. The molecule has 102 valence electrons. The van der Waals surface area contributed by atoms with Gasteiger partial charge in [0.25, 0.3) is 0 Å². The minimum atomic E-state index is -0.775. The second-order valence-electron chi connectivity index (χ2n) is 6.60. The molecule has 0 spiro atoms. The van der Waals surface area contributed by atoms with Gasteiger partial charge >= 0.3 is 5.97 Å². The average molecular weight is 253 g/mol. The van der Waals surface area contributed by atoms with E-state index in [1.165, 1.54) is 0 Å². The summed E-state index contributed by atoms with van der Waals surface area (Å²) in [6.45, 7) is 7.21. The van der Waals surface area contributed by atoms with Crippen LogP contribution in [0.2, 0.25) is 0 Å². The molecule has 1 heterocycles. The SMILES string of the molecule is CC1CN(C(=O)C2CCCC2(C)C)CC1C(=O)O. The number of nitrogens with zero attached hydrogens (tertiary/aromatic N) is 1. The minimum Gasteiger partial charge on any atom is -0.481 e. The predicted molar refractivity (Wildman–Crippen MR) is 68.0 cm³/mol. The van der Waals surface area contributed by atoms with Crippen molar-refractivity contribution in [3.63, 3.8) is 0 Å². The van der Waals surface area contributed by atoms with Crippen molar-refractivity contribution in [2.45, 2.75) is 40.0 Å². The number of hydrogen-bond donors (Lipinski definition) is 1. The van der Waals surface area contributed by atoms with E-state index in [2.05, 4.69) is 13.8 Å². The fraction of sp³-hybridized carbons (Fsp3) is 0.857. The van der Waals surface area contributed by atoms with Crippen LogP contribution in [0, 0.1) is 23.2 Å². The third-order valence-electron chi connectivity index (χ3n) is 4.80. The van der Waals surface area contributed by atoms with E-state index in [1.807, 2.05) is 6.92 Å². The first kappa shape index (κ1) is 13.4. The van der Waals surface area contributed by atoms with E-state index in [4.69, 9.17) is 5.11 Å². The number of hydrogen-bond acceptors (Lipinski definition) is 2. The Labute approximate surface area is 108 Å². The Kier molecular flexibility index (Phi) is 3.39. The van der Waals surface area contributed by atoms with Crippen molar-refractivity contribution in [1.82, 2.24) is 4.90 Å². The highest BCUT2D eigenvalue weighted by Gasteiger charge is 2.44. The monoisotopic (exact) mass is 253 g/mol. The van der Waals surface area contributed by atoms with Crippen LogP contribution in [0.15, 0.2) is 0 Å². The summed E-state index contributed by atoms with van der Waals surface area (Å²) in [5.74, 6) is -0.844. The molecule has 3 unspecified atom stereocenters. The zero-order chi connectivity index (χ0) is 13.5. The maximum atomic E-state index is 12.5. The lowest BCUT2D eigenvalue weighted by molar-refractivity contribution is -0.142. The van der Waals surface area contributed by atoms with Gasteiger partial charge in [-0.3, -0.25) is 9.59 Å². The van der Waals surface area contributed by atoms with Gasteiger partial charge in [0, 0.05) is 19.0 Å². The minimum absolute atomic E-state index is 0.0657. The molecule has 1 saturated carbocycles. The van der Waals surface area contributed by atoms with Gasteiger partial charge in [0.05, 0.1) is 5.92 Å².